The highest BCUT2D eigenvalue weighted by Gasteiger charge is 2.15. The lowest BCUT2D eigenvalue weighted by Crippen LogP contribution is -2.33. The lowest BCUT2D eigenvalue weighted by atomic mass is 9.91. The van der Waals surface area contributed by atoms with Crippen LogP contribution in [0.5, 0.6) is 5.75 Å². The van der Waals surface area contributed by atoms with Crippen molar-refractivity contribution in [3.8, 4) is 5.75 Å². The lowest BCUT2D eigenvalue weighted by Gasteiger charge is -2.23. The number of likely N-dealkylation sites (N-methyl/N-ethyl adjacent to an activating group) is 1. The highest BCUT2D eigenvalue weighted by Crippen LogP contribution is 2.22. The summed E-state index contributed by atoms with van der Waals surface area (Å²) in [6, 6.07) is 8.90. The average molecular weight is 263 g/mol. The molecule has 1 unspecified atom stereocenters. The fourth-order valence-corrected chi connectivity index (χ4v) is 2.69. The van der Waals surface area contributed by atoms with Crippen molar-refractivity contribution in [2.24, 2.45) is 5.92 Å². The summed E-state index contributed by atoms with van der Waals surface area (Å²) in [4.78, 5) is 0. The third kappa shape index (κ3) is 5.23. The number of methoxy groups -OCH3 is 1. The van der Waals surface area contributed by atoms with Crippen LogP contribution in [-0.4, -0.2) is 19.7 Å². The minimum absolute atomic E-state index is 0.547. The molecular weight excluding hydrogens is 234 g/mol. The van der Waals surface area contributed by atoms with E-state index in [0.717, 1.165) is 24.6 Å². The van der Waals surface area contributed by atoms with Gasteiger partial charge < -0.3 is 10.1 Å². The highest BCUT2D eigenvalue weighted by molar-refractivity contribution is 5.33. The van der Waals surface area contributed by atoms with Crippen molar-refractivity contribution in [2.75, 3.05) is 13.7 Å². The Hall–Kier alpha value is -1.02. The van der Waals surface area contributed by atoms with Gasteiger partial charge in [-0.05, 0) is 36.9 Å². The van der Waals surface area contributed by atoms with Crippen LogP contribution in [0.25, 0.3) is 0 Å². The molecule has 1 N–H and O–H groups in total. The molecule has 0 aliphatic heterocycles. The lowest BCUT2D eigenvalue weighted by molar-refractivity contribution is 0.360. The zero-order valence-corrected chi connectivity index (χ0v) is 12.9. The summed E-state index contributed by atoms with van der Waals surface area (Å²) in [6.45, 7) is 7.79. The summed E-state index contributed by atoms with van der Waals surface area (Å²) in [5.74, 6) is 1.83. The summed E-state index contributed by atoms with van der Waals surface area (Å²) in [5, 5.41) is 3.63. The standard InChI is InChI=1S/C17H29NO/c1-5-14(6-2)12-16(18-7-3)13-15-10-8-9-11-17(15)19-4/h8-11,14,16,18H,5-7,12-13H2,1-4H3. The zero-order valence-electron chi connectivity index (χ0n) is 12.9. The number of hydrogen-bond donors (Lipinski definition) is 1. The first-order valence-electron chi connectivity index (χ1n) is 7.60. The number of hydrogen-bond acceptors (Lipinski definition) is 2. The fraction of sp³-hybridized carbons (Fsp3) is 0.647. The number of ether oxygens (including phenoxy) is 1. The smallest absolute Gasteiger partial charge is 0.122 e. The van der Waals surface area contributed by atoms with Gasteiger partial charge in [0, 0.05) is 6.04 Å². The molecular formula is C17H29NO. The van der Waals surface area contributed by atoms with Gasteiger partial charge in [0.15, 0.2) is 0 Å². The molecule has 0 fully saturated rings. The first-order chi connectivity index (χ1) is 9.24. The monoisotopic (exact) mass is 263 g/mol. The molecule has 1 atom stereocenters. The van der Waals surface area contributed by atoms with Gasteiger partial charge in [-0.15, -0.1) is 0 Å². The largest absolute Gasteiger partial charge is 0.496 e. The van der Waals surface area contributed by atoms with E-state index in [2.05, 4.69) is 44.3 Å². The molecule has 1 aromatic carbocycles. The maximum atomic E-state index is 5.45. The number of rotatable bonds is 9. The van der Waals surface area contributed by atoms with Crippen LogP contribution in [0.1, 0.15) is 45.6 Å². The summed E-state index contributed by atoms with van der Waals surface area (Å²) in [5.41, 5.74) is 1.31. The summed E-state index contributed by atoms with van der Waals surface area (Å²) in [7, 11) is 1.75. The van der Waals surface area contributed by atoms with E-state index in [9.17, 15) is 0 Å². The third-order valence-electron chi connectivity index (χ3n) is 3.92. The van der Waals surface area contributed by atoms with Crippen LogP contribution in [-0.2, 0) is 6.42 Å². The van der Waals surface area contributed by atoms with Crippen LogP contribution < -0.4 is 10.1 Å². The van der Waals surface area contributed by atoms with E-state index >= 15 is 0 Å². The molecule has 0 heterocycles. The fourth-order valence-electron chi connectivity index (χ4n) is 2.69. The molecule has 1 aromatic rings. The Bertz CT molecular complexity index is 347. The van der Waals surface area contributed by atoms with Crippen molar-refractivity contribution in [3.05, 3.63) is 29.8 Å². The normalized spacial score (nSPS) is 12.7. The van der Waals surface area contributed by atoms with Crippen molar-refractivity contribution in [1.29, 1.82) is 0 Å². The quantitative estimate of drug-likeness (QED) is 0.726. The number of nitrogens with one attached hydrogen (secondary N) is 1. The predicted molar refractivity (Wildman–Crippen MR) is 82.9 cm³/mol. The van der Waals surface area contributed by atoms with Crippen LogP contribution in [0.15, 0.2) is 24.3 Å². The molecule has 19 heavy (non-hydrogen) atoms. The SMILES string of the molecule is CCNC(Cc1ccccc1OC)CC(CC)CC. The summed E-state index contributed by atoms with van der Waals surface area (Å²) < 4.78 is 5.45. The zero-order chi connectivity index (χ0) is 14.1. The number of benzene rings is 1. The van der Waals surface area contributed by atoms with Gasteiger partial charge in [0.05, 0.1) is 7.11 Å². The average Bonchev–Trinajstić information content (AvgIpc) is 2.45. The van der Waals surface area contributed by atoms with Crippen LogP contribution in [0, 0.1) is 5.92 Å². The van der Waals surface area contributed by atoms with Gasteiger partial charge in [-0.3, -0.25) is 0 Å². The first-order valence-corrected chi connectivity index (χ1v) is 7.60. The minimum atomic E-state index is 0.547. The van der Waals surface area contributed by atoms with E-state index in [4.69, 9.17) is 4.74 Å². The second-order valence-corrected chi connectivity index (χ2v) is 5.19. The van der Waals surface area contributed by atoms with Gasteiger partial charge in [0.1, 0.15) is 5.75 Å². The summed E-state index contributed by atoms with van der Waals surface area (Å²) in [6.07, 6.45) is 4.84. The van der Waals surface area contributed by atoms with Crippen LogP contribution in [0.4, 0.5) is 0 Å². The van der Waals surface area contributed by atoms with Crippen molar-refractivity contribution in [2.45, 2.75) is 52.5 Å². The first kappa shape index (κ1) is 16.0. The molecule has 1 rings (SSSR count). The van der Waals surface area contributed by atoms with E-state index in [1.165, 1.54) is 24.8 Å². The minimum Gasteiger partial charge on any atom is -0.496 e. The second kappa shape index (κ2) is 8.98. The van der Waals surface area contributed by atoms with Crippen LogP contribution in [0.2, 0.25) is 0 Å². The molecule has 0 aliphatic carbocycles. The van der Waals surface area contributed by atoms with Crippen molar-refractivity contribution in [1.82, 2.24) is 5.32 Å². The Balaban J connectivity index is 2.71. The Kier molecular flexibility index (Phi) is 7.57. The number of para-hydroxylation sites is 1. The molecule has 0 saturated heterocycles. The van der Waals surface area contributed by atoms with Crippen LogP contribution >= 0.6 is 0 Å². The molecule has 0 aromatic heterocycles. The van der Waals surface area contributed by atoms with Gasteiger partial charge in [0.25, 0.3) is 0 Å². The maximum Gasteiger partial charge on any atom is 0.122 e. The molecule has 0 amide bonds. The van der Waals surface area contributed by atoms with E-state index in [-0.39, 0.29) is 0 Å². The van der Waals surface area contributed by atoms with Gasteiger partial charge in [-0.2, -0.15) is 0 Å². The molecule has 108 valence electrons. The van der Waals surface area contributed by atoms with Gasteiger partial charge >= 0.3 is 0 Å². The van der Waals surface area contributed by atoms with Gasteiger partial charge in [-0.1, -0.05) is 51.8 Å². The van der Waals surface area contributed by atoms with Gasteiger partial charge in [0.2, 0.25) is 0 Å². The topological polar surface area (TPSA) is 21.3 Å². The van der Waals surface area contributed by atoms with Crippen LogP contribution in [0.3, 0.4) is 0 Å². The van der Waals surface area contributed by atoms with E-state index < -0.39 is 0 Å². The summed E-state index contributed by atoms with van der Waals surface area (Å²) >= 11 is 0. The maximum absolute atomic E-state index is 5.45. The Morgan fingerprint density at radius 3 is 2.37 bits per heavy atom. The molecule has 0 spiro atoms. The highest BCUT2D eigenvalue weighted by atomic mass is 16.5. The third-order valence-corrected chi connectivity index (χ3v) is 3.92. The second-order valence-electron chi connectivity index (χ2n) is 5.19. The van der Waals surface area contributed by atoms with Crippen molar-refractivity contribution < 1.29 is 4.74 Å². The molecule has 2 nitrogen and oxygen atoms in total. The Morgan fingerprint density at radius 1 is 1.11 bits per heavy atom. The van der Waals surface area contributed by atoms with E-state index in [0.29, 0.717) is 6.04 Å². The van der Waals surface area contributed by atoms with E-state index in [1.54, 1.807) is 7.11 Å². The van der Waals surface area contributed by atoms with Crippen molar-refractivity contribution >= 4 is 0 Å². The molecule has 0 bridgehead atoms. The molecule has 2 heteroatoms. The van der Waals surface area contributed by atoms with Gasteiger partial charge in [-0.25, -0.2) is 0 Å². The predicted octanol–water partition coefficient (Wildman–Crippen LogP) is 4.04. The Labute approximate surface area is 118 Å². The Morgan fingerprint density at radius 2 is 1.79 bits per heavy atom. The van der Waals surface area contributed by atoms with E-state index in [1.807, 2.05) is 6.07 Å². The molecule has 0 saturated carbocycles. The molecule has 0 radical (unpaired) electrons. The molecule has 0 aliphatic rings. The van der Waals surface area contributed by atoms with Crippen molar-refractivity contribution in [3.63, 3.8) is 0 Å².